The number of aromatic nitrogens is 1. The first-order valence-corrected chi connectivity index (χ1v) is 7.99. The van der Waals surface area contributed by atoms with Gasteiger partial charge in [0.2, 0.25) is 0 Å². The SMILES string of the molecule is Cc1cnc(Cc2ccc(OCc3ccccc3)c(N)c2)s1. The zero-order valence-corrected chi connectivity index (χ0v) is 13.3. The first-order chi connectivity index (χ1) is 10.7. The topological polar surface area (TPSA) is 48.1 Å². The minimum absolute atomic E-state index is 0.524. The number of benzene rings is 2. The maximum absolute atomic E-state index is 6.10. The molecule has 0 unspecified atom stereocenters. The lowest BCUT2D eigenvalue weighted by Crippen LogP contribution is -1.99. The van der Waals surface area contributed by atoms with E-state index in [1.54, 1.807) is 11.3 Å². The summed E-state index contributed by atoms with van der Waals surface area (Å²) in [6, 6.07) is 16.0. The Morgan fingerprint density at radius 3 is 2.59 bits per heavy atom. The van der Waals surface area contributed by atoms with Crippen LogP contribution >= 0.6 is 11.3 Å². The van der Waals surface area contributed by atoms with Crippen LogP contribution in [0.4, 0.5) is 5.69 Å². The van der Waals surface area contributed by atoms with E-state index < -0.39 is 0 Å². The summed E-state index contributed by atoms with van der Waals surface area (Å²) < 4.78 is 5.79. The Morgan fingerprint density at radius 2 is 1.91 bits per heavy atom. The molecule has 112 valence electrons. The zero-order chi connectivity index (χ0) is 15.4. The quantitative estimate of drug-likeness (QED) is 0.718. The van der Waals surface area contributed by atoms with Crippen molar-refractivity contribution in [3.05, 3.63) is 75.7 Å². The third-order valence-corrected chi connectivity index (χ3v) is 4.25. The number of nitrogens with zero attached hydrogens (tertiary/aromatic N) is 1. The van der Waals surface area contributed by atoms with Crippen LogP contribution in [-0.2, 0) is 13.0 Å². The lowest BCUT2D eigenvalue weighted by atomic mass is 10.1. The molecule has 0 atom stereocenters. The van der Waals surface area contributed by atoms with Gasteiger partial charge in [-0.3, -0.25) is 0 Å². The van der Waals surface area contributed by atoms with Crippen molar-refractivity contribution in [2.45, 2.75) is 20.0 Å². The van der Waals surface area contributed by atoms with Crippen molar-refractivity contribution in [3.63, 3.8) is 0 Å². The van der Waals surface area contributed by atoms with Gasteiger partial charge in [0.25, 0.3) is 0 Å². The van der Waals surface area contributed by atoms with E-state index >= 15 is 0 Å². The number of anilines is 1. The monoisotopic (exact) mass is 310 g/mol. The molecule has 2 N–H and O–H groups in total. The van der Waals surface area contributed by atoms with Gasteiger partial charge in [-0.1, -0.05) is 36.4 Å². The van der Waals surface area contributed by atoms with Crippen LogP contribution in [0, 0.1) is 6.92 Å². The van der Waals surface area contributed by atoms with E-state index in [0.717, 1.165) is 28.3 Å². The Morgan fingerprint density at radius 1 is 1.09 bits per heavy atom. The number of aryl methyl sites for hydroxylation is 1. The summed E-state index contributed by atoms with van der Waals surface area (Å²) in [5.41, 5.74) is 9.05. The first kappa shape index (κ1) is 14.6. The highest BCUT2D eigenvalue weighted by Gasteiger charge is 2.05. The van der Waals surface area contributed by atoms with E-state index in [2.05, 4.69) is 11.9 Å². The van der Waals surface area contributed by atoms with Gasteiger partial charge in [-0.05, 0) is 30.2 Å². The van der Waals surface area contributed by atoms with Gasteiger partial charge in [-0.2, -0.15) is 0 Å². The molecule has 4 heteroatoms. The van der Waals surface area contributed by atoms with Crippen molar-refractivity contribution in [3.8, 4) is 5.75 Å². The molecule has 1 aromatic heterocycles. The molecular weight excluding hydrogens is 292 g/mol. The summed E-state index contributed by atoms with van der Waals surface area (Å²) in [5, 5.41) is 1.11. The fraction of sp³-hybridized carbons (Fsp3) is 0.167. The van der Waals surface area contributed by atoms with Gasteiger partial charge in [0, 0.05) is 17.5 Å². The highest BCUT2D eigenvalue weighted by atomic mass is 32.1. The zero-order valence-electron chi connectivity index (χ0n) is 12.5. The fourth-order valence-corrected chi connectivity index (χ4v) is 3.05. The van der Waals surface area contributed by atoms with Gasteiger partial charge in [-0.25, -0.2) is 4.98 Å². The first-order valence-electron chi connectivity index (χ1n) is 7.17. The lowest BCUT2D eigenvalue weighted by molar-refractivity contribution is 0.308. The van der Waals surface area contributed by atoms with Gasteiger partial charge in [-0.15, -0.1) is 11.3 Å². The smallest absolute Gasteiger partial charge is 0.142 e. The van der Waals surface area contributed by atoms with E-state index in [1.165, 1.54) is 4.88 Å². The van der Waals surface area contributed by atoms with Gasteiger partial charge in [0.15, 0.2) is 0 Å². The van der Waals surface area contributed by atoms with Crippen molar-refractivity contribution in [1.82, 2.24) is 4.98 Å². The highest BCUT2D eigenvalue weighted by Crippen LogP contribution is 2.25. The van der Waals surface area contributed by atoms with Crippen LogP contribution in [-0.4, -0.2) is 4.98 Å². The van der Waals surface area contributed by atoms with Crippen molar-refractivity contribution >= 4 is 17.0 Å². The Balaban J connectivity index is 1.67. The largest absolute Gasteiger partial charge is 0.487 e. The Bertz CT molecular complexity index is 753. The number of hydrogen-bond donors (Lipinski definition) is 1. The number of rotatable bonds is 5. The molecule has 0 fully saturated rings. The van der Waals surface area contributed by atoms with Crippen LogP contribution in [0.15, 0.2) is 54.7 Å². The number of nitrogen functional groups attached to an aromatic ring is 1. The molecule has 0 aliphatic rings. The maximum atomic E-state index is 6.10. The van der Waals surface area contributed by atoms with Crippen molar-refractivity contribution in [2.75, 3.05) is 5.73 Å². The van der Waals surface area contributed by atoms with E-state index in [0.29, 0.717) is 12.3 Å². The standard InChI is InChI=1S/C18H18N2OS/c1-13-11-20-18(22-13)10-15-7-8-17(16(19)9-15)21-12-14-5-3-2-4-6-14/h2-9,11H,10,12,19H2,1H3. The molecule has 0 bridgehead atoms. The van der Waals surface area contributed by atoms with Gasteiger partial charge >= 0.3 is 0 Å². The Kier molecular flexibility index (Phi) is 4.39. The normalized spacial score (nSPS) is 10.6. The minimum Gasteiger partial charge on any atom is -0.487 e. The molecule has 2 aromatic carbocycles. The van der Waals surface area contributed by atoms with Crippen LogP contribution in [0.5, 0.6) is 5.75 Å². The molecule has 0 radical (unpaired) electrons. The Labute approximate surface area is 134 Å². The van der Waals surface area contributed by atoms with E-state index in [1.807, 2.05) is 54.7 Å². The Hall–Kier alpha value is -2.33. The van der Waals surface area contributed by atoms with Gasteiger partial charge in [0.05, 0.1) is 10.7 Å². The summed E-state index contributed by atoms with van der Waals surface area (Å²) in [6.07, 6.45) is 2.71. The van der Waals surface area contributed by atoms with Crippen LogP contribution in [0.25, 0.3) is 0 Å². The van der Waals surface area contributed by atoms with Crippen LogP contribution in [0.3, 0.4) is 0 Å². The number of hydrogen-bond acceptors (Lipinski definition) is 4. The van der Waals surface area contributed by atoms with E-state index in [4.69, 9.17) is 10.5 Å². The van der Waals surface area contributed by atoms with Crippen molar-refractivity contribution in [2.24, 2.45) is 0 Å². The number of ether oxygens (including phenoxy) is 1. The number of nitrogens with two attached hydrogens (primary N) is 1. The van der Waals surface area contributed by atoms with Gasteiger partial charge < -0.3 is 10.5 Å². The molecule has 3 aromatic rings. The molecule has 0 aliphatic heterocycles. The number of thiazole rings is 1. The summed E-state index contributed by atoms with van der Waals surface area (Å²) in [7, 11) is 0. The van der Waals surface area contributed by atoms with Crippen molar-refractivity contribution < 1.29 is 4.74 Å². The molecule has 22 heavy (non-hydrogen) atoms. The molecule has 0 saturated carbocycles. The van der Waals surface area contributed by atoms with Crippen LogP contribution < -0.4 is 10.5 Å². The fourth-order valence-electron chi connectivity index (χ4n) is 2.23. The van der Waals surface area contributed by atoms with Crippen molar-refractivity contribution in [1.29, 1.82) is 0 Å². The molecule has 0 aliphatic carbocycles. The summed E-state index contributed by atoms with van der Waals surface area (Å²) >= 11 is 1.72. The molecule has 3 nitrogen and oxygen atoms in total. The van der Waals surface area contributed by atoms with Gasteiger partial charge in [0.1, 0.15) is 12.4 Å². The van der Waals surface area contributed by atoms with E-state index in [-0.39, 0.29) is 0 Å². The lowest BCUT2D eigenvalue weighted by Gasteiger charge is -2.10. The second-order valence-corrected chi connectivity index (χ2v) is 6.51. The third-order valence-electron chi connectivity index (χ3n) is 3.34. The minimum atomic E-state index is 0.524. The third kappa shape index (κ3) is 3.65. The predicted molar refractivity (Wildman–Crippen MR) is 91.3 cm³/mol. The molecule has 0 spiro atoms. The second kappa shape index (κ2) is 6.62. The molecule has 3 rings (SSSR count). The summed E-state index contributed by atoms with van der Waals surface area (Å²) in [4.78, 5) is 5.61. The highest BCUT2D eigenvalue weighted by molar-refractivity contribution is 7.11. The molecule has 1 heterocycles. The maximum Gasteiger partial charge on any atom is 0.142 e. The molecular formula is C18H18N2OS. The summed E-state index contributed by atoms with van der Waals surface area (Å²) in [5.74, 6) is 0.725. The average Bonchev–Trinajstić information content (AvgIpc) is 2.92. The van der Waals surface area contributed by atoms with E-state index in [9.17, 15) is 0 Å². The van der Waals surface area contributed by atoms with Crippen LogP contribution in [0.1, 0.15) is 21.0 Å². The molecule has 0 saturated heterocycles. The summed E-state index contributed by atoms with van der Waals surface area (Å²) in [6.45, 7) is 2.59. The predicted octanol–water partition coefficient (Wildman–Crippen LogP) is 4.20. The van der Waals surface area contributed by atoms with Crippen LogP contribution in [0.2, 0.25) is 0 Å². The second-order valence-electron chi connectivity index (χ2n) is 5.19. The molecule has 0 amide bonds. The average molecular weight is 310 g/mol.